The van der Waals surface area contributed by atoms with E-state index >= 15 is 0 Å². The van der Waals surface area contributed by atoms with Gasteiger partial charge in [-0.15, -0.1) is 16.8 Å². The van der Waals surface area contributed by atoms with Gasteiger partial charge in [0.2, 0.25) is 5.91 Å². The number of hydrogen-bond donors (Lipinski definition) is 3. The molecule has 1 fully saturated rings. The molecule has 0 saturated carbocycles. The molecule has 0 bridgehead atoms. The summed E-state index contributed by atoms with van der Waals surface area (Å²) in [7, 11) is 1.63. The van der Waals surface area contributed by atoms with Gasteiger partial charge in [-0.05, 0) is 17.6 Å². The second kappa shape index (κ2) is 10.4. The Hall–Kier alpha value is -3.18. The first-order valence-corrected chi connectivity index (χ1v) is 10.9. The second-order valence-corrected chi connectivity index (χ2v) is 8.47. The van der Waals surface area contributed by atoms with Gasteiger partial charge in [-0.2, -0.15) is 0 Å². The van der Waals surface area contributed by atoms with Crippen LogP contribution in [-0.2, 0) is 30.4 Å². The Labute approximate surface area is 188 Å². The summed E-state index contributed by atoms with van der Waals surface area (Å²) in [6.07, 6.45) is 2.26. The van der Waals surface area contributed by atoms with Crippen molar-refractivity contribution in [1.29, 1.82) is 0 Å². The molecule has 3 rings (SSSR count). The summed E-state index contributed by atoms with van der Waals surface area (Å²) in [4.78, 5) is 56.4. The summed E-state index contributed by atoms with van der Waals surface area (Å²) in [6, 6.07) is 7.28. The van der Waals surface area contributed by atoms with E-state index in [1.54, 1.807) is 37.4 Å². The third-order valence-electron chi connectivity index (χ3n) is 5.05. The molecule has 0 spiro atoms. The minimum absolute atomic E-state index is 0.00163. The Morgan fingerprint density at radius 3 is 2.62 bits per heavy atom. The lowest BCUT2D eigenvalue weighted by Gasteiger charge is -2.26. The van der Waals surface area contributed by atoms with E-state index in [1.807, 2.05) is 6.07 Å². The molecule has 3 unspecified atom stereocenters. The predicted molar refractivity (Wildman–Crippen MR) is 116 cm³/mol. The highest BCUT2D eigenvalue weighted by molar-refractivity contribution is 8.00. The fraction of sp³-hybridized carbons (Fsp3) is 0.381. The predicted octanol–water partition coefficient (Wildman–Crippen LogP) is 0.876. The number of aliphatic carboxylic acids is 2. The summed E-state index contributed by atoms with van der Waals surface area (Å²) in [5.74, 6) is -3.22. The van der Waals surface area contributed by atoms with Gasteiger partial charge in [0.15, 0.2) is 6.04 Å². The molecule has 3 atom stereocenters. The van der Waals surface area contributed by atoms with Gasteiger partial charge in [0.1, 0.15) is 11.1 Å². The number of thioether (sulfide) groups is 1. The molecule has 2 heterocycles. The zero-order valence-corrected chi connectivity index (χ0v) is 18.1. The van der Waals surface area contributed by atoms with Crippen molar-refractivity contribution >= 4 is 41.3 Å². The highest BCUT2D eigenvalue weighted by Gasteiger charge is 2.35. The molecule has 1 amide bonds. The number of hydrogen-bond acceptors (Lipinski definition) is 8. The molecule has 11 heteroatoms. The summed E-state index contributed by atoms with van der Waals surface area (Å²) in [5.41, 5.74) is 0.918. The van der Waals surface area contributed by atoms with Crippen molar-refractivity contribution < 1.29 is 34.2 Å². The van der Waals surface area contributed by atoms with Crippen molar-refractivity contribution in [2.45, 2.75) is 36.7 Å². The Morgan fingerprint density at radius 1 is 1.31 bits per heavy atom. The largest absolute Gasteiger partial charge is 0.480 e. The monoisotopic (exact) mass is 461 g/mol. The number of carbonyl (C=O) groups excluding carboxylic acids is 2. The molecular weight excluding hydrogens is 438 g/mol. The normalized spacial score (nSPS) is 23.3. The van der Waals surface area contributed by atoms with Gasteiger partial charge in [-0.3, -0.25) is 14.6 Å². The van der Waals surface area contributed by atoms with Crippen LogP contribution in [0.3, 0.4) is 0 Å². The van der Waals surface area contributed by atoms with Crippen LogP contribution in [0.15, 0.2) is 47.0 Å². The molecule has 0 radical (unpaired) electrons. The Morgan fingerprint density at radius 2 is 2.03 bits per heavy atom. The maximum atomic E-state index is 12.4. The number of nitrogens with zero attached hydrogens (tertiary/aromatic N) is 2. The number of nitrogens with one attached hydrogen (secondary N) is 1. The average Bonchev–Trinajstić information content (AvgIpc) is 3.07. The lowest BCUT2D eigenvalue weighted by Crippen LogP contribution is -2.49. The highest BCUT2D eigenvalue weighted by atomic mass is 32.2. The molecule has 2 aliphatic rings. The maximum Gasteiger partial charge on any atom is 0.354 e. The summed E-state index contributed by atoms with van der Waals surface area (Å²) >= 11 is 1.13. The standard InChI is InChI=1S/C21H23N3O7S/c1-24-14(10-16(26)31-24)8-7-13-11-32-19(23-17(13)20(27)28)18(21(29)30)22-15(25)9-12-5-3-2-4-6-12/h2-7,14,18-19H,8-11H2,1H3,(H,22,25)(H,27,28)(H,29,30)/b13-7+. The Kier molecular flexibility index (Phi) is 7.65. The molecule has 1 aromatic rings. The minimum atomic E-state index is -1.38. The van der Waals surface area contributed by atoms with E-state index in [2.05, 4.69) is 10.3 Å². The number of carboxylic acid groups (broad SMARTS) is 2. The Balaban J connectivity index is 1.72. The zero-order chi connectivity index (χ0) is 23.3. The van der Waals surface area contributed by atoms with E-state index in [-0.39, 0.29) is 36.3 Å². The Bertz CT molecular complexity index is 963. The number of rotatable bonds is 8. The van der Waals surface area contributed by atoms with Crippen molar-refractivity contribution in [3.8, 4) is 0 Å². The number of benzene rings is 1. The third kappa shape index (κ3) is 5.95. The van der Waals surface area contributed by atoms with Crippen LogP contribution in [0.1, 0.15) is 18.4 Å². The highest BCUT2D eigenvalue weighted by Crippen LogP contribution is 2.28. The number of carbonyl (C=O) groups is 4. The van der Waals surface area contributed by atoms with Crippen molar-refractivity contribution in [3.05, 3.63) is 47.5 Å². The minimum Gasteiger partial charge on any atom is -0.480 e. The topological polar surface area (TPSA) is 146 Å². The van der Waals surface area contributed by atoms with Crippen molar-refractivity contribution in [2.24, 2.45) is 4.99 Å². The van der Waals surface area contributed by atoms with Crippen molar-refractivity contribution in [3.63, 3.8) is 0 Å². The first-order valence-electron chi connectivity index (χ1n) is 9.86. The molecule has 32 heavy (non-hydrogen) atoms. The van der Waals surface area contributed by atoms with Gasteiger partial charge >= 0.3 is 17.9 Å². The number of amides is 1. The molecule has 0 aliphatic carbocycles. The SMILES string of the molecule is CN1OC(=O)CC1C/C=C1\CSC(C(NC(=O)Cc2ccccc2)C(=O)O)N=C1C(=O)O. The molecule has 1 saturated heterocycles. The van der Waals surface area contributed by atoms with Crippen LogP contribution in [0.5, 0.6) is 0 Å². The molecule has 2 aliphatic heterocycles. The van der Waals surface area contributed by atoms with E-state index in [0.29, 0.717) is 12.0 Å². The van der Waals surface area contributed by atoms with Crippen LogP contribution >= 0.6 is 11.8 Å². The van der Waals surface area contributed by atoms with Crippen LogP contribution in [0.2, 0.25) is 0 Å². The number of aliphatic imine (C=N–C) groups is 1. The molecule has 10 nitrogen and oxygen atoms in total. The fourth-order valence-corrected chi connectivity index (χ4v) is 4.54. The first kappa shape index (κ1) is 23.5. The van der Waals surface area contributed by atoms with Crippen LogP contribution in [0.4, 0.5) is 0 Å². The summed E-state index contributed by atoms with van der Waals surface area (Å²) in [5, 5.41) is 22.1. The molecular formula is C21H23N3O7S. The van der Waals surface area contributed by atoms with Gasteiger partial charge in [0.05, 0.1) is 18.9 Å². The quantitative estimate of drug-likeness (QED) is 0.513. The molecule has 1 aromatic carbocycles. The number of carboxylic acids is 2. The van der Waals surface area contributed by atoms with E-state index in [1.165, 1.54) is 5.06 Å². The third-order valence-corrected chi connectivity index (χ3v) is 6.24. The molecule has 3 N–H and O–H groups in total. The van der Waals surface area contributed by atoms with Crippen LogP contribution in [0.25, 0.3) is 0 Å². The summed E-state index contributed by atoms with van der Waals surface area (Å²) < 4.78 is 0. The van der Waals surface area contributed by atoms with Gasteiger partial charge in [-0.25, -0.2) is 9.59 Å². The molecule has 0 aromatic heterocycles. The van der Waals surface area contributed by atoms with E-state index in [9.17, 15) is 29.4 Å². The van der Waals surface area contributed by atoms with E-state index in [0.717, 1.165) is 17.3 Å². The van der Waals surface area contributed by atoms with Crippen LogP contribution in [0, 0.1) is 0 Å². The van der Waals surface area contributed by atoms with Crippen LogP contribution < -0.4 is 5.32 Å². The van der Waals surface area contributed by atoms with Gasteiger partial charge in [0, 0.05) is 12.8 Å². The second-order valence-electron chi connectivity index (χ2n) is 7.36. The van der Waals surface area contributed by atoms with Crippen LogP contribution in [-0.4, -0.2) is 75.1 Å². The first-order chi connectivity index (χ1) is 15.2. The average molecular weight is 461 g/mol. The lowest BCUT2D eigenvalue weighted by molar-refractivity contribution is -0.168. The molecule has 170 valence electrons. The van der Waals surface area contributed by atoms with E-state index < -0.39 is 29.3 Å². The van der Waals surface area contributed by atoms with Gasteiger partial charge in [-0.1, -0.05) is 36.4 Å². The smallest absolute Gasteiger partial charge is 0.354 e. The van der Waals surface area contributed by atoms with Gasteiger partial charge in [0.25, 0.3) is 0 Å². The summed E-state index contributed by atoms with van der Waals surface area (Å²) in [6.45, 7) is 0. The van der Waals surface area contributed by atoms with Crippen molar-refractivity contribution in [2.75, 3.05) is 12.8 Å². The van der Waals surface area contributed by atoms with E-state index in [4.69, 9.17) is 4.84 Å². The van der Waals surface area contributed by atoms with Crippen molar-refractivity contribution in [1.82, 2.24) is 10.4 Å². The lowest BCUT2D eigenvalue weighted by atomic mass is 10.1. The fourth-order valence-electron chi connectivity index (χ4n) is 3.37. The zero-order valence-electron chi connectivity index (χ0n) is 17.3. The maximum absolute atomic E-state index is 12.4. The number of hydroxylamine groups is 2. The van der Waals surface area contributed by atoms with Gasteiger partial charge < -0.3 is 20.4 Å².